The van der Waals surface area contributed by atoms with Crippen LogP contribution in [0.15, 0.2) is 24.3 Å². The normalized spacial score (nSPS) is 16.4. The highest BCUT2D eigenvalue weighted by Gasteiger charge is 2.33. The highest BCUT2D eigenvalue weighted by molar-refractivity contribution is 5.94. The average Bonchev–Trinajstić information content (AvgIpc) is 2.29. The molecule has 0 bridgehead atoms. The third-order valence-corrected chi connectivity index (χ3v) is 2.46. The molecular weight excluding hydrogens is 249 g/mol. The summed E-state index contributed by atoms with van der Waals surface area (Å²) in [6, 6.07) is 5.17. The van der Waals surface area contributed by atoms with Crippen molar-refractivity contribution >= 4 is 11.7 Å². The molecule has 1 aromatic rings. The lowest BCUT2D eigenvalue weighted by Crippen LogP contribution is -2.46. The summed E-state index contributed by atoms with van der Waals surface area (Å²) < 4.78 is 40.6. The molecule has 0 atom stereocenters. The molecule has 7 heteroatoms. The van der Waals surface area contributed by atoms with E-state index in [-0.39, 0.29) is 11.4 Å². The van der Waals surface area contributed by atoms with Gasteiger partial charge in [0.15, 0.2) is 5.75 Å². The number of benzene rings is 1. The van der Waals surface area contributed by atoms with E-state index < -0.39 is 12.4 Å². The first-order valence-corrected chi connectivity index (χ1v) is 5.37. The van der Waals surface area contributed by atoms with E-state index in [1.807, 2.05) is 0 Å². The second-order valence-electron chi connectivity index (χ2n) is 3.75. The van der Waals surface area contributed by atoms with E-state index in [9.17, 15) is 18.0 Å². The zero-order valence-corrected chi connectivity index (χ0v) is 9.33. The van der Waals surface area contributed by atoms with Crippen LogP contribution in [0, 0.1) is 0 Å². The lowest BCUT2D eigenvalue weighted by Gasteiger charge is -2.28. The molecule has 4 nitrogen and oxygen atoms in total. The average molecular weight is 260 g/mol. The van der Waals surface area contributed by atoms with Gasteiger partial charge in [0.1, 0.15) is 0 Å². The van der Waals surface area contributed by atoms with Crippen LogP contribution >= 0.6 is 0 Å². The van der Waals surface area contributed by atoms with Crippen molar-refractivity contribution in [2.75, 3.05) is 18.0 Å². The van der Waals surface area contributed by atoms with Gasteiger partial charge in [-0.1, -0.05) is 12.1 Å². The second kappa shape index (κ2) is 4.75. The van der Waals surface area contributed by atoms with Crippen LogP contribution in [-0.2, 0) is 0 Å². The van der Waals surface area contributed by atoms with Crippen molar-refractivity contribution < 1.29 is 22.7 Å². The number of nitrogens with zero attached hydrogens (tertiary/aromatic N) is 1. The first kappa shape index (κ1) is 12.5. The first-order chi connectivity index (χ1) is 8.47. The molecule has 0 spiro atoms. The summed E-state index contributed by atoms with van der Waals surface area (Å²) in [7, 11) is 0. The fourth-order valence-corrected chi connectivity index (χ4v) is 1.75. The molecule has 1 aliphatic rings. The van der Waals surface area contributed by atoms with Crippen molar-refractivity contribution in [1.29, 1.82) is 0 Å². The first-order valence-electron chi connectivity index (χ1n) is 5.37. The van der Waals surface area contributed by atoms with Gasteiger partial charge in [-0.2, -0.15) is 0 Å². The van der Waals surface area contributed by atoms with Gasteiger partial charge in [0, 0.05) is 13.1 Å². The Labute approximate surface area is 101 Å². The number of rotatable bonds is 2. The Morgan fingerprint density at radius 1 is 1.28 bits per heavy atom. The number of alkyl halides is 3. The lowest BCUT2D eigenvalue weighted by atomic mass is 10.2. The van der Waals surface area contributed by atoms with Crippen LogP contribution < -0.4 is 15.0 Å². The van der Waals surface area contributed by atoms with Crippen LogP contribution in [0.3, 0.4) is 0 Å². The third kappa shape index (κ3) is 2.85. The summed E-state index contributed by atoms with van der Waals surface area (Å²) in [6.45, 7) is 0.891. The minimum atomic E-state index is -4.78. The Hall–Kier alpha value is -1.92. The Kier molecular flexibility index (Phi) is 3.31. The summed E-state index contributed by atoms with van der Waals surface area (Å²) in [5.41, 5.74) is 0.118. The van der Waals surface area contributed by atoms with Gasteiger partial charge in [0.25, 0.3) is 0 Å². The van der Waals surface area contributed by atoms with Crippen molar-refractivity contribution in [1.82, 2.24) is 5.32 Å². The van der Waals surface area contributed by atoms with Gasteiger partial charge in [-0.3, -0.25) is 4.90 Å². The zero-order valence-electron chi connectivity index (χ0n) is 9.33. The van der Waals surface area contributed by atoms with E-state index in [0.29, 0.717) is 19.5 Å². The zero-order chi connectivity index (χ0) is 13.2. The van der Waals surface area contributed by atoms with E-state index in [4.69, 9.17) is 0 Å². The molecule has 1 aromatic carbocycles. The van der Waals surface area contributed by atoms with Crippen LogP contribution in [0.25, 0.3) is 0 Å². The Morgan fingerprint density at radius 2 is 2.00 bits per heavy atom. The highest BCUT2D eigenvalue weighted by Crippen LogP contribution is 2.33. The maximum absolute atomic E-state index is 12.2. The largest absolute Gasteiger partial charge is 0.573 e. The molecule has 1 aliphatic heterocycles. The van der Waals surface area contributed by atoms with Gasteiger partial charge >= 0.3 is 12.4 Å². The Morgan fingerprint density at radius 3 is 2.67 bits per heavy atom. The minimum absolute atomic E-state index is 0.118. The molecule has 2 amide bonds. The lowest BCUT2D eigenvalue weighted by molar-refractivity contribution is -0.274. The van der Waals surface area contributed by atoms with Crippen LogP contribution in [0.5, 0.6) is 5.75 Å². The minimum Gasteiger partial charge on any atom is -0.404 e. The number of urea groups is 1. The van der Waals surface area contributed by atoms with Crippen molar-refractivity contribution in [3.05, 3.63) is 24.3 Å². The maximum Gasteiger partial charge on any atom is 0.573 e. The van der Waals surface area contributed by atoms with Crippen molar-refractivity contribution in [3.63, 3.8) is 0 Å². The molecule has 1 heterocycles. The summed E-state index contributed by atoms with van der Waals surface area (Å²) in [5.74, 6) is -0.373. The number of carbonyl (C=O) groups excluding carboxylic acids is 1. The van der Waals surface area contributed by atoms with E-state index >= 15 is 0 Å². The van der Waals surface area contributed by atoms with Gasteiger partial charge in [-0.05, 0) is 18.6 Å². The molecular formula is C11H11F3N2O2. The number of ether oxygens (including phenoxy) is 1. The number of para-hydroxylation sites is 2. The molecule has 0 aromatic heterocycles. The fourth-order valence-electron chi connectivity index (χ4n) is 1.75. The number of amides is 2. The van der Waals surface area contributed by atoms with Crippen molar-refractivity contribution in [2.24, 2.45) is 0 Å². The number of nitrogens with one attached hydrogen (secondary N) is 1. The van der Waals surface area contributed by atoms with Crippen LogP contribution in [0.1, 0.15) is 6.42 Å². The number of hydrogen-bond donors (Lipinski definition) is 1. The number of halogens is 3. The standard InChI is InChI=1S/C11H11F3N2O2/c12-11(13,14)18-9-5-2-1-4-8(9)16-7-3-6-15-10(16)17/h1-2,4-5H,3,6-7H2,(H,15,17). The predicted molar refractivity (Wildman–Crippen MR) is 58.5 cm³/mol. The summed E-state index contributed by atoms with van der Waals surface area (Å²) in [4.78, 5) is 12.8. The predicted octanol–water partition coefficient (Wildman–Crippen LogP) is 2.50. The van der Waals surface area contributed by atoms with Crippen molar-refractivity contribution in [2.45, 2.75) is 12.8 Å². The maximum atomic E-state index is 12.2. The summed E-state index contributed by atoms with van der Waals surface area (Å²) in [5, 5.41) is 2.57. The fraction of sp³-hybridized carbons (Fsp3) is 0.364. The number of hydrogen-bond acceptors (Lipinski definition) is 2. The van der Waals surface area contributed by atoms with Crippen LogP contribution in [-0.4, -0.2) is 25.5 Å². The van der Waals surface area contributed by atoms with Crippen LogP contribution in [0.2, 0.25) is 0 Å². The molecule has 2 rings (SSSR count). The molecule has 0 unspecified atom stereocenters. The summed E-state index contributed by atoms with van der Waals surface area (Å²) in [6.07, 6.45) is -4.10. The van der Waals surface area contributed by atoms with Crippen LogP contribution in [0.4, 0.5) is 23.7 Å². The van der Waals surface area contributed by atoms with Gasteiger partial charge in [0.2, 0.25) is 0 Å². The topological polar surface area (TPSA) is 41.6 Å². The monoisotopic (exact) mass is 260 g/mol. The molecule has 1 saturated heterocycles. The van der Waals surface area contributed by atoms with E-state index in [0.717, 1.165) is 0 Å². The number of anilines is 1. The molecule has 18 heavy (non-hydrogen) atoms. The van der Waals surface area contributed by atoms with Gasteiger partial charge < -0.3 is 10.1 Å². The third-order valence-electron chi connectivity index (χ3n) is 2.46. The molecule has 0 radical (unpaired) electrons. The highest BCUT2D eigenvalue weighted by atomic mass is 19.4. The van der Waals surface area contributed by atoms with E-state index in [1.54, 1.807) is 6.07 Å². The Balaban J connectivity index is 2.29. The van der Waals surface area contributed by atoms with Gasteiger partial charge in [0.05, 0.1) is 5.69 Å². The van der Waals surface area contributed by atoms with Gasteiger partial charge in [-0.15, -0.1) is 13.2 Å². The van der Waals surface area contributed by atoms with Gasteiger partial charge in [-0.25, -0.2) is 4.79 Å². The number of carbonyl (C=O) groups is 1. The smallest absolute Gasteiger partial charge is 0.404 e. The van der Waals surface area contributed by atoms with Crippen molar-refractivity contribution in [3.8, 4) is 5.75 Å². The molecule has 98 valence electrons. The molecule has 1 N–H and O–H groups in total. The second-order valence-corrected chi connectivity index (χ2v) is 3.75. The SMILES string of the molecule is O=C1NCCCN1c1ccccc1OC(F)(F)F. The molecule has 0 aliphatic carbocycles. The van der Waals surface area contributed by atoms with E-state index in [2.05, 4.69) is 10.1 Å². The quantitative estimate of drug-likeness (QED) is 0.887. The molecule has 1 fully saturated rings. The summed E-state index contributed by atoms with van der Waals surface area (Å²) >= 11 is 0. The molecule has 0 saturated carbocycles. The Bertz CT molecular complexity index is 448. The van der Waals surface area contributed by atoms with E-state index in [1.165, 1.54) is 23.1 Å².